The molecule has 0 radical (unpaired) electrons. The Morgan fingerprint density at radius 3 is 1.95 bits per heavy atom. The maximum Gasteiger partial charge on any atom is 0.331 e. The van der Waals surface area contributed by atoms with E-state index < -0.39 is 76.7 Å². The first kappa shape index (κ1) is 66.0. The second-order valence-electron chi connectivity index (χ2n) is 25.7. The highest BCUT2D eigenvalue weighted by Gasteiger charge is 2.77. The van der Waals surface area contributed by atoms with Gasteiger partial charge in [0.15, 0.2) is 5.60 Å². The topological polar surface area (TPSA) is 244 Å². The number of nitrogens with one attached hydrogen (secondary N) is 5. The molecule has 4 saturated carbocycles. The second kappa shape index (κ2) is 29.1. The molecule has 4 aromatic carbocycles. The molecule has 7 N–H and O–H groups in total. The molecule has 10 rings (SSSR count). The van der Waals surface area contributed by atoms with Crippen molar-refractivity contribution >= 4 is 70.5 Å². The summed E-state index contributed by atoms with van der Waals surface area (Å²) < 4.78 is 24.0. The summed E-state index contributed by atoms with van der Waals surface area (Å²) in [5.74, 6) is -2.71. The summed E-state index contributed by atoms with van der Waals surface area (Å²) in [6.07, 6.45) is 11.5. The highest BCUT2D eigenvalue weighted by molar-refractivity contribution is 6.33. The van der Waals surface area contributed by atoms with Crippen molar-refractivity contribution in [3.05, 3.63) is 134 Å². The number of anilines is 1. The van der Waals surface area contributed by atoms with Crippen molar-refractivity contribution in [3.8, 4) is 5.75 Å². The zero-order valence-corrected chi connectivity index (χ0v) is 53.1. The van der Waals surface area contributed by atoms with Crippen LogP contribution in [0.25, 0.3) is 6.08 Å². The van der Waals surface area contributed by atoms with Crippen LogP contribution in [0.15, 0.2) is 91.0 Å². The van der Waals surface area contributed by atoms with Crippen LogP contribution in [0.5, 0.6) is 5.75 Å². The summed E-state index contributed by atoms with van der Waals surface area (Å²) in [7, 11) is 3.22. The van der Waals surface area contributed by atoms with E-state index in [0.29, 0.717) is 90.2 Å². The van der Waals surface area contributed by atoms with Crippen LogP contribution in [-0.4, -0.2) is 98.2 Å². The maximum atomic E-state index is 14.6. The predicted molar refractivity (Wildman–Crippen MR) is 335 cm³/mol. The quantitative estimate of drug-likeness (QED) is 0.0129. The standard InChI is InChI=1S/C68H86Cl2N6O12/c1-40(2)30-56(75-62(79)55(14-10-11-28-71)74-64(81)57(36-42-15-21-52(69)22-16-42)76-65(82)60(72-41(3)77)49-37-47-12-8-9-13-48(47)38-49)63(80)73-53-23-17-43(18-24-53)39-85-61-46(20-26-58(78)86-66(4,5)27-29-83-6)19-25-54(59(61)70)68(84-7)67(87-88-68)50-32-44-31-45(34-50)35-51(67)33-44/h8-9,12-13,15-26,40,44-45,49-51,55-57,60H,10-11,14,27-39,71H2,1-7H3,(H,72,77)(H,73,80)(H,74,81)(H,75,79)(H,76,82)/b26-20+/t44?,45?,50?,51?,55-,56-,57-,60-,67?,68?/m0/s1. The first-order valence-electron chi connectivity index (χ1n) is 31.0. The highest BCUT2D eigenvalue weighted by Crippen LogP contribution is 2.70. The van der Waals surface area contributed by atoms with Crippen molar-refractivity contribution in [2.75, 3.05) is 32.7 Å². The van der Waals surface area contributed by atoms with Crippen LogP contribution in [0.2, 0.25) is 10.0 Å². The number of benzene rings is 4. The Morgan fingerprint density at radius 2 is 1.36 bits per heavy atom. The van der Waals surface area contributed by atoms with Crippen LogP contribution >= 0.6 is 23.2 Å². The Kier molecular flexibility index (Phi) is 21.8. The molecule has 1 spiro atoms. The van der Waals surface area contributed by atoms with Gasteiger partial charge in [-0.25, -0.2) is 9.68 Å². The average molecular weight is 1250 g/mol. The third kappa shape index (κ3) is 15.3. The number of rotatable bonds is 29. The van der Waals surface area contributed by atoms with E-state index in [1.165, 1.54) is 19.4 Å². The first-order valence-corrected chi connectivity index (χ1v) is 31.8. The number of methoxy groups -OCH3 is 2. The van der Waals surface area contributed by atoms with Crippen molar-refractivity contribution in [3.63, 3.8) is 0 Å². The normalized spacial score (nSPS) is 23.2. The minimum absolute atomic E-state index is 0.0303. The summed E-state index contributed by atoms with van der Waals surface area (Å²) >= 11 is 13.7. The number of nitrogens with two attached hydrogens (primary N) is 1. The minimum atomic E-state index is -1.30. The molecular weight excluding hydrogens is 1160 g/mol. The fourth-order valence-corrected chi connectivity index (χ4v) is 14.6. The lowest BCUT2D eigenvalue weighted by atomic mass is 9.47. The van der Waals surface area contributed by atoms with Crippen LogP contribution < -0.4 is 37.1 Å². The molecular formula is C68H86Cl2N6O12. The molecule has 20 heteroatoms. The Balaban J connectivity index is 0.898. The van der Waals surface area contributed by atoms with E-state index >= 15 is 0 Å². The fraction of sp³-hybridized carbons (Fsp3) is 0.529. The molecule has 6 aliphatic rings. The Hall–Kier alpha value is -6.38. The van der Waals surface area contributed by atoms with Gasteiger partial charge in [0.25, 0.3) is 5.79 Å². The third-order valence-electron chi connectivity index (χ3n) is 18.3. The van der Waals surface area contributed by atoms with Gasteiger partial charge in [-0.05, 0) is 179 Å². The molecule has 1 unspecified atom stereocenters. The number of hydrogen-bond donors (Lipinski definition) is 6. The molecule has 4 bridgehead atoms. The largest absolute Gasteiger partial charge is 0.487 e. The molecule has 1 aliphatic heterocycles. The number of amides is 5. The lowest BCUT2D eigenvalue weighted by Crippen LogP contribution is -2.76. The molecule has 18 nitrogen and oxygen atoms in total. The van der Waals surface area contributed by atoms with E-state index in [1.807, 2.05) is 64.1 Å². The Labute approximate surface area is 526 Å². The van der Waals surface area contributed by atoms with Gasteiger partial charge in [0.2, 0.25) is 29.5 Å². The number of hydrogen-bond acceptors (Lipinski definition) is 13. The first-order chi connectivity index (χ1) is 42.1. The lowest BCUT2D eigenvalue weighted by molar-refractivity contribution is -0.645. The zero-order chi connectivity index (χ0) is 62.9. The van der Waals surface area contributed by atoms with Gasteiger partial charge in [-0.1, -0.05) is 97.7 Å². The zero-order valence-electron chi connectivity index (χ0n) is 51.6. The summed E-state index contributed by atoms with van der Waals surface area (Å²) in [5.41, 5.74) is 9.51. The summed E-state index contributed by atoms with van der Waals surface area (Å²) in [6, 6.07) is 21.3. The average Bonchev–Trinajstić information content (AvgIpc) is 0.731. The minimum Gasteiger partial charge on any atom is -0.487 e. The van der Waals surface area contributed by atoms with Crippen LogP contribution in [-0.2, 0) is 84.4 Å². The SMILES string of the molecule is COCCC(C)(C)OC(=O)/C=C/c1ccc(C2(OC)OOC23C2CC4CC(C2)CC3C4)c(Cl)c1OCc1ccc(NC(=O)[C@H](CC(C)C)NC(=O)[C@H](CCCCN)NC(=O)[C@H](Cc2ccc(Cl)cc2)NC(=O)[C@@H](NC(C)=O)C2Cc3ccccc3C2)cc1. The molecule has 5 aliphatic carbocycles. The summed E-state index contributed by atoms with van der Waals surface area (Å²) in [5, 5.41) is 15.3. The molecule has 4 aromatic rings. The smallest absolute Gasteiger partial charge is 0.331 e. The van der Waals surface area contributed by atoms with Gasteiger partial charge in [0.05, 0.1) is 5.02 Å². The number of carbonyl (C=O) groups is 6. The van der Waals surface area contributed by atoms with Gasteiger partial charge in [0, 0.05) is 68.5 Å². The summed E-state index contributed by atoms with van der Waals surface area (Å²) in [6.45, 7) is 9.67. The van der Waals surface area contributed by atoms with E-state index in [0.717, 1.165) is 42.4 Å². The van der Waals surface area contributed by atoms with Gasteiger partial charge in [-0.3, -0.25) is 24.0 Å². The van der Waals surface area contributed by atoms with Crippen molar-refractivity contribution in [2.45, 2.75) is 166 Å². The maximum absolute atomic E-state index is 14.6. The number of fused-ring (bicyclic) bond motifs is 1. The number of unbranched alkanes of at least 4 members (excludes halogenated alkanes) is 1. The molecule has 5 atom stereocenters. The highest BCUT2D eigenvalue weighted by atomic mass is 35.5. The van der Waals surface area contributed by atoms with Crippen molar-refractivity contribution in [1.82, 2.24) is 21.3 Å². The van der Waals surface area contributed by atoms with Gasteiger partial charge in [0.1, 0.15) is 42.1 Å². The molecule has 474 valence electrons. The van der Waals surface area contributed by atoms with Crippen LogP contribution in [0, 0.1) is 35.5 Å². The predicted octanol–water partition coefficient (Wildman–Crippen LogP) is 9.63. The van der Waals surface area contributed by atoms with Crippen molar-refractivity contribution in [2.24, 2.45) is 41.2 Å². The third-order valence-corrected chi connectivity index (χ3v) is 18.9. The van der Waals surface area contributed by atoms with E-state index in [2.05, 4.69) is 26.6 Å². The number of carbonyl (C=O) groups excluding carboxylic acids is 6. The van der Waals surface area contributed by atoms with Gasteiger partial charge in [-0.15, -0.1) is 0 Å². The summed E-state index contributed by atoms with van der Waals surface area (Å²) in [4.78, 5) is 96.0. The second-order valence-corrected chi connectivity index (χ2v) is 26.5. The molecule has 88 heavy (non-hydrogen) atoms. The van der Waals surface area contributed by atoms with Crippen LogP contribution in [0.1, 0.15) is 132 Å². The van der Waals surface area contributed by atoms with E-state index in [4.69, 9.17) is 57.7 Å². The molecule has 0 aromatic heterocycles. The lowest BCUT2D eigenvalue weighted by Gasteiger charge is -2.68. The molecule has 5 fully saturated rings. The van der Waals surface area contributed by atoms with E-state index in [9.17, 15) is 28.8 Å². The molecule has 1 heterocycles. The number of halogens is 2. The van der Waals surface area contributed by atoms with E-state index in [1.54, 1.807) is 68.8 Å². The van der Waals surface area contributed by atoms with Crippen molar-refractivity contribution < 1.29 is 57.5 Å². The fourth-order valence-electron chi connectivity index (χ4n) is 14.1. The van der Waals surface area contributed by atoms with Crippen LogP contribution in [0.4, 0.5) is 5.69 Å². The van der Waals surface area contributed by atoms with Gasteiger partial charge < -0.3 is 51.3 Å². The van der Waals surface area contributed by atoms with Crippen LogP contribution in [0.3, 0.4) is 0 Å². The van der Waals surface area contributed by atoms with Crippen molar-refractivity contribution in [1.29, 1.82) is 0 Å². The molecule has 1 saturated heterocycles. The van der Waals surface area contributed by atoms with Gasteiger partial charge >= 0.3 is 5.97 Å². The Bertz CT molecular complexity index is 3120. The van der Waals surface area contributed by atoms with E-state index in [-0.39, 0.29) is 54.6 Å². The monoisotopic (exact) mass is 1250 g/mol. The number of ether oxygens (including phenoxy) is 4. The van der Waals surface area contributed by atoms with Gasteiger partial charge in [-0.2, -0.15) is 4.89 Å². The number of esters is 1. The Morgan fingerprint density at radius 1 is 0.739 bits per heavy atom. The molecule has 5 amide bonds.